The van der Waals surface area contributed by atoms with Crippen molar-refractivity contribution in [3.05, 3.63) is 38.7 Å². The minimum atomic E-state index is 0.655. The van der Waals surface area contributed by atoms with Gasteiger partial charge < -0.3 is 0 Å². The van der Waals surface area contributed by atoms with Crippen LogP contribution in [0.1, 0.15) is 16.0 Å². The molecule has 0 radical (unpaired) electrons. The summed E-state index contributed by atoms with van der Waals surface area (Å²) in [5, 5.41) is 0. The lowest BCUT2D eigenvalue weighted by Crippen LogP contribution is -1.85. The molecule has 0 atom stereocenters. The third-order valence-electron chi connectivity index (χ3n) is 2.67. The number of thiazole rings is 1. The molecule has 0 spiro atoms. The summed E-state index contributed by atoms with van der Waals surface area (Å²) in [6.45, 7) is 2.15. The highest BCUT2D eigenvalue weighted by Crippen LogP contribution is 2.41. The summed E-state index contributed by atoms with van der Waals surface area (Å²) in [5.74, 6) is 0. The van der Waals surface area contributed by atoms with Gasteiger partial charge in [0, 0.05) is 16.9 Å². The van der Waals surface area contributed by atoms with Crippen LogP contribution in [-0.2, 0) is 6.42 Å². The van der Waals surface area contributed by atoms with E-state index in [0.717, 1.165) is 12.1 Å². The smallest absolute Gasteiger partial charge is 0.184 e. The zero-order chi connectivity index (χ0) is 9.71. The lowest BCUT2D eigenvalue weighted by molar-refractivity contribution is 1.25. The molecule has 1 aromatic carbocycles. The summed E-state index contributed by atoms with van der Waals surface area (Å²) in [4.78, 5) is 5.66. The maximum Gasteiger partial charge on any atom is 0.184 e. The van der Waals surface area contributed by atoms with Crippen LogP contribution in [0.4, 0.5) is 0 Å². The molecule has 0 N–H and O–H groups in total. The van der Waals surface area contributed by atoms with Gasteiger partial charge in [-0.25, -0.2) is 4.98 Å². The van der Waals surface area contributed by atoms with Crippen molar-refractivity contribution in [1.82, 2.24) is 4.98 Å². The molecule has 0 fully saturated rings. The van der Waals surface area contributed by atoms with Crippen molar-refractivity contribution < 1.29 is 0 Å². The van der Waals surface area contributed by atoms with Gasteiger partial charge in [0.25, 0.3) is 0 Å². The van der Waals surface area contributed by atoms with E-state index in [4.69, 9.17) is 11.6 Å². The van der Waals surface area contributed by atoms with Crippen molar-refractivity contribution in [2.75, 3.05) is 0 Å². The minimum Gasteiger partial charge on any atom is -0.225 e. The summed E-state index contributed by atoms with van der Waals surface area (Å²) in [7, 11) is 0. The fraction of sp³-hybridized carbons (Fsp3) is 0.182. The van der Waals surface area contributed by atoms with Gasteiger partial charge in [-0.2, -0.15) is 0 Å². The first kappa shape index (κ1) is 8.45. The number of benzene rings is 1. The number of halogens is 1. The van der Waals surface area contributed by atoms with E-state index in [2.05, 4.69) is 30.1 Å². The zero-order valence-corrected chi connectivity index (χ0v) is 9.25. The van der Waals surface area contributed by atoms with Crippen LogP contribution in [-0.4, -0.2) is 4.98 Å². The highest BCUT2D eigenvalue weighted by molar-refractivity contribution is 7.16. The minimum absolute atomic E-state index is 0.655. The van der Waals surface area contributed by atoms with Gasteiger partial charge in [0.2, 0.25) is 0 Å². The van der Waals surface area contributed by atoms with Gasteiger partial charge in [-0.1, -0.05) is 29.8 Å². The average molecular weight is 222 g/mol. The van der Waals surface area contributed by atoms with Gasteiger partial charge >= 0.3 is 0 Å². The van der Waals surface area contributed by atoms with E-state index >= 15 is 0 Å². The van der Waals surface area contributed by atoms with Gasteiger partial charge in [-0.05, 0) is 18.1 Å². The number of nitrogens with zero attached hydrogens (tertiary/aromatic N) is 1. The molecule has 70 valence electrons. The van der Waals surface area contributed by atoms with Crippen LogP contribution in [0.15, 0.2) is 18.2 Å². The Labute approximate surface area is 91.4 Å². The van der Waals surface area contributed by atoms with Crippen LogP contribution in [0.5, 0.6) is 0 Å². The predicted octanol–water partition coefficient (Wildman–Crippen LogP) is 3.68. The molecule has 14 heavy (non-hydrogen) atoms. The fourth-order valence-electron chi connectivity index (χ4n) is 1.97. The highest BCUT2D eigenvalue weighted by atomic mass is 35.5. The molecular weight excluding hydrogens is 214 g/mol. The Morgan fingerprint density at radius 1 is 1.43 bits per heavy atom. The van der Waals surface area contributed by atoms with Crippen molar-refractivity contribution in [3.63, 3.8) is 0 Å². The molecule has 3 rings (SSSR count). The van der Waals surface area contributed by atoms with Crippen LogP contribution < -0.4 is 0 Å². The predicted molar refractivity (Wildman–Crippen MR) is 60.1 cm³/mol. The first-order valence-electron chi connectivity index (χ1n) is 4.50. The van der Waals surface area contributed by atoms with E-state index in [1.165, 1.54) is 21.6 Å². The Morgan fingerprint density at radius 2 is 2.29 bits per heavy atom. The van der Waals surface area contributed by atoms with E-state index in [1.807, 2.05) is 0 Å². The summed E-state index contributed by atoms with van der Waals surface area (Å²) in [6.07, 6.45) is 1.00. The average Bonchev–Trinajstić information content (AvgIpc) is 2.63. The summed E-state index contributed by atoms with van der Waals surface area (Å²) in [6, 6.07) is 6.36. The molecule has 1 nitrogen and oxygen atoms in total. The first-order chi connectivity index (χ1) is 6.75. The Balaban J connectivity index is 2.30. The molecule has 1 aliphatic carbocycles. The number of rotatable bonds is 0. The maximum absolute atomic E-state index is 5.89. The third-order valence-corrected chi connectivity index (χ3v) is 3.83. The molecule has 1 aromatic heterocycles. The Kier molecular flexibility index (Phi) is 1.70. The van der Waals surface area contributed by atoms with E-state index < -0.39 is 0 Å². The number of hydrogen-bond donors (Lipinski definition) is 0. The Hall–Kier alpha value is -0.860. The van der Waals surface area contributed by atoms with Crippen LogP contribution in [0.2, 0.25) is 4.47 Å². The van der Waals surface area contributed by atoms with Gasteiger partial charge in [0.05, 0.1) is 5.69 Å². The van der Waals surface area contributed by atoms with E-state index in [1.54, 1.807) is 11.3 Å². The normalized spacial score (nSPS) is 12.7. The summed E-state index contributed by atoms with van der Waals surface area (Å²) >= 11 is 7.49. The van der Waals surface area contributed by atoms with Crippen molar-refractivity contribution in [3.8, 4) is 11.3 Å². The van der Waals surface area contributed by atoms with Gasteiger partial charge in [-0.15, -0.1) is 11.3 Å². The standard InChI is InChI=1S/C11H8ClNS/c1-6-3-2-4-7-8(6)5-9-10(7)13-11(12)14-9/h2-4H,5H2,1H3. The molecule has 2 aromatic rings. The quantitative estimate of drug-likeness (QED) is 0.565. The second-order valence-corrected chi connectivity index (χ2v) is 5.18. The fourth-order valence-corrected chi connectivity index (χ4v) is 3.15. The van der Waals surface area contributed by atoms with Crippen molar-refractivity contribution in [2.24, 2.45) is 0 Å². The molecule has 1 aliphatic rings. The number of aryl methyl sites for hydroxylation is 1. The SMILES string of the molecule is Cc1cccc2c1Cc1sc(Cl)nc1-2. The maximum atomic E-state index is 5.89. The Bertz CT molecular complexity index is 516. The molecule has 0 bridgehead atoms. The van der Waals surface area contributed by atoms with Gasteiger partial charge in [0.1, 0.15) is 0 Å². The first-order valence-corrected chi connectivity index (χ1v) is 5.69. The zero-order valence-electron chi connectivity index (χ0n) is 7.67. The molecule has 0 amide bonds. The van der Waals surface area contributed by atoms with Crippen LogP contribution in [0, 0.1) is 6.92 Å². The number of hydrogen-bond acceptors (Lipinski definition) is 2. The highest BCUT2D eigenvalue weighted by Gasteiger charge is 2.23. The second-order valence-electron chi connectivity index (χ2n) is 3.52. The lowest BCUT2D eigenvalue weighted by Gasteiger charge is -2.01. The van der Waals surface area contributed by atoms with E-state index in [0.29, 0.717) is 4.47 Å². The molecule has 0 unspecified atom stereocenters. The number of fused-ring (bicyclic) bond motifs is 3. The van der Waals surface area contributed by atoms with E-state index in [9.17, 15) is 0 Å². The molecular formula is C11H8ClNS. The molecule has 3 heteroatoms. The van der Waals surface area contributed by atoms with Crippen molar-refractivity contribution in [1.29, 1.82) is 0 Å². The number of aromatic nitrogens is 1. The van der Waals surface area contributed by atoms with Gasteiger partial charge in [-0.3, -0.25) is 0 Å². The van der Waals surface area contributed by atoms with Gasteiger partial charge in [0.15, 0.2) is 4.47 Å². The van der Waals surface area contributed by atoms with Crippen molar-refractivity contribution >= 4 is 22.9 Å². The molecule has 0 saturated heterocycles. The van der Waals surface area contributed by atoms with Crippen LogP contribution in [0.3, 0.4) is 0 Å². The van der Waals surface area contributed by atoms with Crippen LogP contribution in [0.25, 0.3) is 11.3 Å². The summed E-state index contributed by atoms with van der Waals surface area (Å²) < 4.78 is 0.655. The topological polar surface area (TPSA) is 12.9 Å². The third kappa shape index (κ3) is 1.04. The monoisotopic (exact) mass is 221 g/mol. The molecule has 0 aliphatic heterocycles. The van der Waals surface area contributed by atoms with Crippen molar-refractivity contribution in [2.45, 2.75) is 13.3 Å². The summed E-state index contributed by atoms with van der Waals surface area (Å²) in [5.41, 5.74) is 5.13. The molecule has 1 heterocycles. The second kappa shape index (κ2) is 2.81. The Morgan fingerprint density at radius 3 is 3.14 bits per heavy atom. The lowest BCUT2D eigenvalue weighted by atomic mass is 10.0. The molecule has 0 saturated carbocycles. The van der Waals surface area contributed by atoms with E-state index in [-0.39, 0.29) is 0 Å². The largest absolute Gasteiger partial charge is 0.225 e. The van der Waals surface area contributed by atoms with Crippen LogP contribution >= 0.6 is 22.9 Å².